The van der Waals surface area contributed by atoms with E-state index in [0.717, 1.165) is 16.7 Å². The fourth-order valence-electron chi connectivity index (χ4n) is 3.15. The van der Waals surface area contributed by atoms with Gasteiger partial charge in [-0.05, 0) is 28.8 Å². The lowest BCUT2D eigenvalue weighted by Crippen LogP contribution is -2.18. The summed E-state index contributed by atoms with van der Waals surface area (Å²) in [5.41, 5.74) is 2.70. The normalized spacial score (nSPS) is 10.7. The van der Waals surface area contributed by atoms with Crippen molar-refractivity contribution in [3.05, 3.63) is 106 Å². The summed E-state index contributed by atoms with van der Waals surface area (Å²) in [7, 11) is 0. The third-order valence-corrected chi connectivity index (χ3v) is 5.57. The molecule has 0 aliphatic heterocycles. The first kappa shape index (κ1) is 21.9. The van der Waals surface area contributed by atoms with Crippen LogP contribution in [0.15, 0.2) is 78.9 Å². The van der Waals surface area contributed by atoms with Gasteiger partial charge in [0.1, 0.15) is 0 Å². The highest BCUT2D eigenvalue weighted by molar-refractivity contribution is 6.31. The summed E-state index contributed by atoms with van der Waals surface area (Å²) >= 11 is 12.5. The topological polar surface area (TPSA) is 71.8 Å². The molecule has 0 bridgehead atoms. The van der Waals surface area contributed by atoms with Gasteiger partial charge in [-0.25, -0.2) is 0 Å². The van der Waals surface area contributed by atoms with Crippen LogP contribution in [0.2, 0.25) is 10.0 Å². The standard InChI is InChI=1S/C24H21Cl2N5O/c25-20-12-6-4-10-18(20)15-27-23-29-24(28-16-19-11-5-7-13-21(19)26)31(30-23)22(32)14-17-8-2-1-3-9-17/h1-13H,14-16H2,(H2,27,28,29,30). The Kier molecular flexibility index (Phi) is 7.04. The smallest absolute Gasteiger partial charge is 0.254 e. The first-order valence-corrected chi connectivity index (χ1v) is 10.8. The summed E-state index contributed by atoms with van der Waals surface area (Å²) in [5.74, 6) is 0.469. The molecule has 162 valence electrons. The van der Waals surface area contributed by atoms with E-state index >= 15 is 0 Å². The number of hydrogen-bond donors (Lipinski definition) is 2. The van der Waals surface area contributed by atoms with Crippen molar-refractivity contribution in [2.24, 2.45) is 0 Å². The van der Waals surface area contributed by atoms with Crippen molar-refractivity contribution in [1.82, 2.24) is 14.8 Å². The second-order valence-corrected chi connectivity index (χ2v) is 7.93. The van der Waals surface area contributed by atoms with Crippen molar-refractivity contribution in [2.45, 2.75) is 19.5 Å². The van der Waals surface area contributed by atoms with E-state index < -0.39 is 0 Å². The highest BCUT2D eigenvalue weighted by Crippen LogP contribution is 2.19. The number of rotatable bonds is 8. The number of anilines is 2. The van der Waals surface area contributed by atoms with Crippen molar-refractivity contribution < 1.29 is 4.79 Å². The van der Waals surface area contributed by atoms with Crippen LogP contribution in [0.5, 0.6) is 0 Å². The van der Waals surface area contributed by atoms with Crippen LogP contribution in [0.4, 0.5) is 11.9 Å². The van der Waals surface area contributed by atoms with Crippen molar-refractivity contribution in [2.75, 3.05) is 10.6 Å². The monoisotopic (exact) mass is 465 g/mol. The van der Waals surface area contributed by atoms with Crippen molar-refractivity contribution in [3.8, 4) is 0 Å². The number of nitrogens with zero attached hydrogens (tertiary/aromatic N) is 3. The zero-order valence-corrected chi connectivity index (χ0v) is 18.6. The summed E-state index contributed by atoms with van der Waals surface area (Å²) in [4.78, 5) is 17.5. The third-order valence-electron chi connectivity index (χ3n) is 4.83. The molecule has 0 aliphatic rings. The first-order valence-electron chi connectivity index (χ1n) is 10.1. The van der Waals surface area contributed by atoms with Gasteiger partial charge < -0.3 is 10.6 Å². The number of aromatic nitrogens is 3. The molecular formula is C24H21Cl2N5O. The van der Waals surface area contributed by atoms with Crippen LogP contribution < -0.4 is 10.6 Å². The Balaban J connectivity index is 1.55. The molecule has 0 radical (unpaired) electrons. The predicted octanol–water partition coefficient (Wildman–Crippen LogP) is 5.69. The van der Waals surface area contributed by atoms with Crippen LogP contribution >= 0.6 is 23.2 Å². The van der Waals surface area contributed by atoms with E-state index in [2.05, 4.69) is 20.7 Å². The maximum absolute atomic E-state index is 13.0. The van der Waals surface area contributed by atoms with E-state index in [1.807, 2.05) is 78.9 Å². The molecule has 0 spiro atoms. The molecule has 0 unspecified atom stereocenters. The lowest BCUT2D eigenvalue weighted by Gasteiger charge is -2.08. The van der Waals surface area contributed by atoms with E-state index in [4.69, 9.17) is 23.2 Å². The van der Waals surface area contributed by atoms with Gasteiger partial charge in [-0.2, -0.15) is 9.67 Å². The summed E-state index contributed by atoms with van der Waals surface area (Å²) in [6.45, 7) is 0.835. The largest absolute Gasteiger partial charge is 0.350 e. The molecule has 8 heteroatoms. The third kappa shape index (κ3) is 5.46. The molecule has 32 heavy (non-hydrogen) atoms. The van der Waals surface area contributed by atoms with Gasteiger partial charge in [0.2, 0.25) is 11.9 Å². The minimum atomic E-state index is -0.198. The minimum absolute atomic E-state index is 0.198. The van der Waals surface area contributed by atoms with E-state index in [1.165, 1.54) is 4.68 Å². The van der Waals surface area contributed by atoms with Crippen LogP contribution in [0.3, 0.4) is 0 Å². The van der Waals surface area contributed by atoms with Gasteiger partial charge in [0.05, 0.1) is 6.42 Å². The fourth-order valence-corrected chi connectivity index (χ4v) is 3.56. The highest BCUT2D eigenvalue weighted by atomic mass is 35.5. The van der Waals surface area contributed by atoms with Crippen LogP contribution in [-0.4, -0.2) is 20.7 Å². The maximum atomic E-state index is 13.0. The van der Waals surface area contributed by atoms with Gasteiger partial charge in [0.25, 0.3) is 5.91 Å². The number of hydrogen-bond acceptors (Lipinski definition) is 5. The molecule has 0 saturated carbocycles. The molecule has 2 N–H and O–H groups in total. The Bertz CT molecular complexity index is 1210. The van der Waals surface area contributed by atoms with Crippen molar-refractivity contribution in [3.63, 3.8) is 0 Å². The summed E-state index contributed by atoms with van der Waals surface area (Å²) in [5, 5.41) is 12.0. The molecule has 0 fully saturated rings. The van der Waals surface area contributed by atoms with Crippen LogP contribution in [0.1, 0.15) is 21.5 Å². The predicted molar refractivity (Wildman–Crippen MR) is 128 cm³/mol. The Morgan fingerprint density at radius 2 is 1.34 bits per heavy atom. The molecule has 0 amide bonds. The number of benzene rings is 3. The van der Waals surface area contributed by atoms with Gasteiger partial charge in [-0.15, -0.1) is 5.10 Å². The molecule has 0 saturated heterocycles. The number of nitrogens with one attached hydrogen (secondary N) is 2. The molecular weight excluding hydrogens is 445 g/mol. The minimum Gasteiger partial charge on any atom is -0.350 e. The number of carbonyl (C=O) groups is 1. The van der Waals surface area contributed by atoms with Crippen LogP contribution in [-0.2, 0) is 19.5 Å². The van der Waals surface area contributed by atoms with Gasteiger partial charge in [0.15, 0.2) is 0 Å². The van der Waals surface area contributed by atoms with E-state index in [9.17, 15) is 4.79 Å². The Labute approximate surface area is 196 Å². The Morgan fingerprint density at radius 3 is 1.97 bits per heavy atom. The Hall–Kier alpha value is -3.35. The van der Waals surface area contributed by atoms with E-state index in [1.54, 1.807) is 0 Å². The molecule has 1 heterocycles. The molecule has 0 atom stereocenters. The summed E-state index contributed by atoms with van der Waals surface area (Å²) in [6.07, 6.45) is 0.203. The fraction of sp³-hybridized carbons (Fsp3) is 0.125. The zero-order valence-electron chi connectivity index (χ0n) is 17.1. The average molecular weight is 466 g/mol. The summed E-state index contributed by atoms with van der Waals surface area (Å²) < 4.78 is 1.29. The zero-order chi connectivity index (χ0) is 22.3. The van der Waals surface area contributed by atoms with E-state index in [0.29, 0.717) is 35.0 Å². The van der Waals surface area contributed by atoms with Gasteiger partial charge in [0, 0.05) is 23.1 Å². The van der Waals surface area contributed by atoms with Crippen LogP contribution in [0, 0.1) is 0 Å². The highest BCUT2D eigenvalue weighted by Gasteiger charge is 2.17. The second kappa shape index (κ2) is 10.3. The lowest BCUT2D eigenvalue weighted by atomic mass is 10.1. The first-order chi connectivity index (χ1) is 15.6. The molecule has 4 rings (SSSR count). The number of halogens is 2. The van der Waals surface area contributed by atoms with E-state index in [-0.39, 0.29) is 12.3 Å². The Morgan fingerprint density at radius 1 is 0.781 bits per heavy atom. The second-order valence-electron chi connectivity index (χ2n) is 7.12. The van der Waals surface area contributed by atoms with Crippen molar-refractivity contribution in [1.29, 1.82) is 0 Å². The number of carbonyl (C=O) groups excluding carboxylic acids is 1. The maximum Gasteiger partial charge on any atom is 0.254 e. The quantitative estimate of drug-likeness (QED) is 0.349. The molecule has 3 aromatic carbocycles. The molecule has 1 aromatic heterocycles. The lowest BCUT2D eigenvalue weighted by molar-refractivity contribution is 0.0901. The molecule has 6 nitrogen and oxygen atoms in total. The molecule has 4 aromatic rings. The van der Waals surface area contributed by atoms with Gasteiger partial charge in [-0.3, -0.25) is 4.79 Å². The van der Waals surface area contributed by atoms with Crippen molar-refractivity contribution >= 4 is 41.0 Å². The van der Waals surface area contributed by atoms with Gasteiger partial charge in [-0.1, -0.05) is 89.9 Å². The molecule has 0 aliphatic carbocycles. The SMILES string of the molecule is O=C(Cc1ccccc1)n1nc(NCc2ccccc2Cl)nc1NCc1ccccc1Cl. The van der Waals surface area contributed by atoms with Gasteiger partial charge >= 0.3 is 0 Å². The average Bonchev–Trinajstić information content (AvgIpc) is 3.22. The van der Waals surface area contributed by atoms with Crippen LogP contribution in [0.25, 0.3) is 0 Å². The summed E-state index contributed by atoms with van der Waals surface area (Å²) in [6, 6.07) is 24.6.